The van der Waals surface area contributed by atoms with Gasteiger partial charge in [0.1, 0.15) is 5.76 Å². The molecular formula is C10H14O2. The van der Waals surface area contributed by atoms with Crippen molar-refractivity contribution in [3.8, 4) is 0 Å². The highest BCUT2D eigenvalue weighted by atomic mass is 16.3. The Balaban J connectivity index is 2.34. The first-order valence-corrected chi connectivity index (χ1v) is 4.27. The van der Waals surface area contributed by atoms with Gasteiger partial charge >= 0.3 is 0 Å². The van der Waals surface area contributed by atoms with Gasteiger partial charge in [-0.2, -0.15) is 0 Å². The SMILES string of the molecule is CC1(C)CC1(CO)c1ccco1. The van der Waals surface area contributed by atoms with Crippen molar-refractivity contribution >= 4 is 0 Å². The van der Waals surface area contributed by atoms with Gasteiger partial charge in [0.25, 0.3) is 0 Å². The molecule has 1 atom stereocenters. The highest BCUT2D eigenvalue weighted by Crippen LogP contribution is 2.63. The molecule has 1 heterocycles. The summed E-state index contributed by atoms with van der Waals surface area (Å²) >= 11 is 0. The van der Waals surface area contributed by atoms with E-state index in [9.17, 15) is 5.11 Å². The number of hydrogen-bond donors (Lipinski definition) is 1. The van der Waals surface area contributed by atoms with E-state index in [2.05, 4.69) is 13.8 Å². The van der Waals surface area contributed by atoms with Crippen LogP contribution < -0.4 is 0 Å². The average molecular weight is 166 g/mol. The topological polar surface area (TPSA) is 33.4 Å². The maximum Gasteiger partial charge on any atom is 0.112 e. The molecule has 12 heavy (non-hydrogen) atoms. The molecule has 0 amide bonds. The third-order valence-corrected chi connectivity index (χ3v) is 3.18. The smallest absolute Gasteiger partial charge is 0.112 e. The Morgan fingerprint density at radius 3 is 2.58 bits per heavy atom. The van der Waals surface area contributed by atoms with Crippen LogP contribution in [-0.4, -0.2) is 11.7 Å². The van der Waals surface area contributed by atoms with Crippen LogP contribution in [0.4, 0.5) is 0 Å². The predicted octanol–water partition coefficient (Wildman–Crippen LogP) is 1.94. The third-order valence-electron chi connectivity index (χ3n) is 3.18. The predicted molar refractivity (Wildman–Crippen MR) is 45.9 cm³/mol. The molecule has 0 radical (unpaired) electrons. The van der Waals surface area contributed by atoms with E-state index in [4.69, 9.17) is 4.42 Å². The van der Waals surface area contributed by atoms with Crippen molar-refractivity contribution in [2.45, 2.75) is 25.7 Å². The molecule has 1 aromatic rings. The number of furan rings is 1. The fourth-order valence-electron chi connectivity index (χ4n) is 2.03. The Hall–Kier alpha value is -0.760. The van der Waals surface area contributed by atoms with Crippen LogP contribution in [-0.2, 0) is 5.41 Å². The second-order valence-electron chi connectivity index (χ2n) is 4.28. The summed E-state index contributed by atoms with van der Waals surface area (Å²) < 4.78 is 5.33. The molecule has 0 aromatic carbocycles. The van der Waals surface area contributed by atoms with Gasteiger partial charge in [-0.15, -0.1) is 0 Å². The van der Waals surface area contributed by atoms with Gasteiger partial charge < -0.3 is 9.52 Å². The quantitative estimate of drug-likeness (QED) is 0.728. The molecule has 2 rings (SSSR count). The van der Waals surface area contributed by atoms with Crippen LogP contribution in [0.2, 0.25) is 0 Å². The minimum absolute atomic E-state index is 0.101. The van der Waals surface area contributed by atoms with Crippen LogP contribution in [0.15, 0.2) is 22.8 Å². The van der Waals surface area contributed by atoms with Crippen molar-refractivity contribution in [1.29, 1.82) is 0 Å². The summed E-state index contributed by atoms with van der Waals surface area (Å²) in [6, 6.07) is 3.83. The first-order chi connectivity index (χ1) is 5.62. The first-order valence-electron chi connectivity index (χ1n) is 4.27. The summed E-state index contributed by atoms with van der Waals surface area (Å²) in [4.78, 5) is 0. The van der Waals surface area contributed by atoms with E-state index in [1.54, 1.807) is 6.26 Å². The van der Waals surface area contributed by atoms with Gasteiger partial charge in [-0.3, -0.25) is 0 Å². The molecule has 0 spiro atoms. The molecule has 1 unspecified atom stereocenters. The maximum atomic E-state index is 9.30. The van der Waals surface area contributed by atoms with Crippen molar-refractivity contribution < 1.29 is 9.52 Å². The van der Waals surface area contributed by atoms with Crippen molar-refractivity contribution in [2.24, 2.45) is 5.41 Å². The lowest BCUT2D eigenvalue weighted by atomic mass is 9.94. The van der Waals surface area contributed by atoms with Crippen LogP contribution >= 0.6 is 0 Å². The summed E-state index contributed by atoms with van der Waals surface area (Å²) in [5, 5.41) is 9.30. The van der Waals surface area contributed by atoms with E-state index < -0.39 is 0 Å². The third kappa shape index (κ3) is 0.787. The largest absolute Gasteiger partial charge is 0.469 e. The summed E-state index contributed by atoms with van der Waals surface area (Å²) in [6.45, 7) is 4.50. The molecule has 1 saturated carbocycles. The van der Waals surface area contributed by atoms with E-state index in [1.165, 1.54) is 0 Å². The Kier molecular flexibility index (Phi) is 1.40. The minimum atomic E-state index is -0.101. The van der Waals surface area contributed by atoms with E-state index in [-0.39, 0.29) is 17.4 Å². The zero-order chi connectivity index (χ0) is 8.82. The Bertz CT molecular complexity index is 274. The number of aliphatic hydroxyl groups excluding tert-OH is 1. The van der Waals surface area contributed by atoms with Crippen LogP contribution in [0, 0.1) is 5.41 Å². The summed E-state index contributed by atoms with van der Waals surface area (Å²) in [5.41, 5.74) is 0.0934. The zero-order valence-electron chi connectivity index (χ0n) is 7.50. The van der Waals surface area contributed by atoms with Crippen LogP contribution in [0.1, 0.15) is 26.0 Å². The van der Waals surface area contributed by atoms with Crippen molar-refractivity contribution in [3.05, 3.63) is 24.2 Å². The van der Waals surface area contributed by atoms with Crippen molar-refractivity contribution in [2.75, 3.05) is 6.61 Å². The lowest BCUT2D eigenvalue weighted by Crippen LogP contribution is -2.18. The molecular weight excluding hydrogens is 152 g/mol. The second-order valence-corrected chi connectivity index (χ2v) is 4.28. The van der Waals surface area contributed by atoms with Gasteiger partial charge in [0, 0.05) is 0 Å². The molecule has 66 valence electrons. The number of hydrogen-bond acceptors (Lipinski definition) is 2. The maximum absolute atomic E-state index is 9.30. The summed E-state index contributed by atoms with van der Waals surface area (Å²) in [7, 11) is 0. The summed E-state index contributed by atoms with van der Waals surface area (Å²) in [5.74, 6) is 0.926. The molecule has 0 aliphatic heterocycles. The fourth-order valence-corrected chi connectivity index (χ4v) is 2.03. The monoisotopic (exact) mass is 166 g/mol. The van der Waals surface area contributed by atoms with Crippen molar-refractivity contribution in [3.63, 3.8) is 0 Å². The lowest BCUT2D eigenvalue weighted by Gasteiger charge is -2.14. The molecule has 2 nitrogen and oxygen atoms in total. The highest BCUT2D eigenvalue weighted by Gasteiger charge is 2.63. The Labute approximate surface area is 72.2 Å². The van der Waals surface area contributed by atoms with Crippen LogP contribution in [0.5, 0.6) is 0 Å². The lowest BCUT2D eigenvalue weighted by molar-refractivity contribution is 0.212. The normalized spacial score (nSPS) is 31.9. The summed E-state index contributed by atoms with van der Waals surface area (Å²) in [6.07, 6.45) is 2.69. The average Bonchev–Trinajstić information content (AvgIpc) is 2.52. The molecule has 1 aliphatic carbocycles. The number of aliphatic hydroxyl groups is 1. The van der Waals surface area contributed by atoms with Gasteiger partial charge in [0.15, 0.2) is 0 Å². The van der Waals surface area contributed by atoms with Crippen molar-refractivity contribution in [1.82, 2.24) is 0 Å². The molecule has 0 bridgehead atoms. The molecule has 1 aliphatic rings. The van der Waals surface area contributed by atoms with Gasteiger partial charge in [-0.25, -0.2) is 0 Å². The highest BCUT2D eigenvalue weighted by molar-refractivity contribution is 5.30. The van der Waals surface area contributed by atoms with Gasteiger partial charge in [0.05, 0.1) is 18.3 Å². The molecule has 1 aromatic heterocycles. The first kappa shape index (κ1) is 7.87. The van der Waals surface area contributed by atoms with Crippen LogP contribution in [0.3, 0.4) is 0 Å². The zero-order valence-corrected chi connectivity index (χ0v) is 7.50. The van der Waals surface area contributed by atoms with E-state index in [0.29, 0.717) is 0 Å². The fraction of sp³-hybridized carbons (Fsp3) is 0.600. The molecule has 0 saturated heterocycles. The van der Waals surface area contributed by atoms with Crippen LogP contribution in [0.25, 0.3) is 0 Å². The Morgan fingerprint density at radius 1 is 1.58 bits per heavy atom. The van der Waals surface area contributed by atoms with E-state index in [1.807, 2.05) is 12.1 Å². The standard InChI is InChI=1S/C10H14O2/c1-9(2)6-10(9,7-11)8-4-3-5-12-8/h3-5,11H,6-7H2,1-2H3. The molecule has 2 heteroatoms. The van der Waals surface area contributed by atoms with Gasteiger partial charge in [0.2, 0.25) is 0 Å². The second kappa shape index (κ2) is 2.13. The van der Waals surface area contributed by atoms with Gasteiger partial charge in [-0.05, 0) is 24.0 Å². The van der Waals surface area contributed by atoms with E-state index in [0.717, 1.165) is 12.2 Å². The molecule has 1 fully saturated rings. The molecule has 1 N–H and O–H groups in total. The number of rotatable bonds is 2. The Morgan fingerprint density at radius 2 is 2.25 bits per heavy atom. The van der Waals surface area contributed by atoms with Gasteiger partial charge in [-0.1, -0.05) is 13.8 Å². The minimum Gasteiger partial charge on any atom is -0.469 e. The van der Waals surface area contributed by atoms with E-state index >= 15 is 0 Å².